The van der Waals surface area contributed by atoms with Crippen LogP contribution in [0.25, 0.3) is 11.1 Å². The highest BCUT2D eigenvalue weighted by Crippen LogP contribution is 2.23. The van der Waals surface area contributed by atoms with Crippen molar-refractivity contribution in [1.82, 2.24) is 4.98 Å². The summed E-state index contributed by atoms with van der Waals surface area (Å²) in [5, 5.41) is 0. The molecular weight excluding hydrogens is 176 g/mol. The molecule has 74 valence electrons. The van der Waals surface area contributed by atoms with Crippen LogP contribution in [-0.2, 0) is 0 Å². The number of aromatic nitrogens is 1. The van der Waals surface area contributed by atoms with E-state index in [1.807, 2.05) is 32.0 Å². The number of benzene rings is 1. The Bertz CT molecular complexity index is 447. The van der Waals surface area contributed by atoms with Crippen LogP contribution < -0.4 is 5.73 Å². The van der Waals surface area contributed by atoms with E-state index in [2.05, 4.69) is 4.98 Å². The minimum Gasteiger partial charge on any atom is -0.440 e. The average Bonchev–Trinajstić information content (AvgIpc) is 2.62. The fourth-order valence-electron chi connectivity index (χ4n) is 1.42. The first kappa shape index (κ1) is 9.21. The van der Waals surface area contributed by atoms with E-state index in [0.717, 1.165) is 22.6 Å². The first-order chi connectivity index (χ1) is 6.72. The Morgan fingerprint density at radius 1 is 1.50 bits per heavy atom. The zero-order chi connectivity index (χ0) is 10.1. The number of aryl methyl sites for hydroxylation is 1. The van der Waals surface area contributed by atoms with Crippen molar-refractivity contribution >= 4 is 11.1 Å². The van der Waals surface area contributed by atoms with Gasteiger partial charge in [0.2, 0.25) is 0 Å². The van der Waals surface area contributed by atoms with Gasteiger partial charge in [0.15, 0.2) is 11.5 Å². The Morgan fingerprint density at radius 2 is 2.29 bits per heavy atom. The van der Waals surface area contributed by atoms with Crippen molar-refractivity contribution in [3.05, 3.63) is 29.7 Å². The summed E-state index contributed by atoms with van der Waals surface area (Å²) in [5.41, 5.74) is 8.47. The molecule has 2 aromatic rings. The Hall–Kier alpha value is -1.35. The van der Waals surface area contributed by atoms with Gasteiger partial charge < -0.3 is 10.2 Å². The molecule has 0 amide bonds. The summed E-state index contributed by atoms with van der Waals surface area (Å²) < 4.78 is 5.66. The van der Waals surface area contributed by atoms with Crippen molar-refractivity contribution in [1.29, 1.82) is 0 Å². The topological polar surface area (TPSA) is 52.0 Å². The molecule has 1 heterocycles. The zero-order valence-electron chi connectivity index (χ0n) is 8.45. The second-order valence-electron chi connectivity index (χ2n) is 3.61. The van der Waals surface area contributed by atoms with E-state index in [0.29, 0.717) is 6.54 Å². The van der Waals surface area contributed by atoms with Crippen molar-refractivity contribution in [2.45, 2.75) is 19.8 Å². The Labute approximate surface area is 82.9 Å². The molecule has 0 aliphatic heterocycles. The highest BCUT2D eigenvalue weighted by atomic mass is 16.3. The van der Waals surface area contributed by atoms with Crippen molar-refractivity contribution in [2.75, 3.05) is 6.54 Å². The molecule has 3 nitrogen and oxygen atoms in total. The number of para-hydroxylation sites is 1. The average molecular weight is 190 g/mol. The second kappa shape index (κ2) is 3.42. The number of nitrogens with two attached hydrogens (primary N) is 1. The van der Waals surface area contributed by atoms with E-state index < -0.39 is 0 Å². The second-order valence-corrected chi connectivity index (χ2v) is 3.61. The summed E-state index contributed by atoms with van der Waals surface area (Å²) in [5.74, 6) is 0.915. The van der Waals surface area contributed by atoms with Gasteiger partial charge in [0, 0.05) is 12.5 Å². The molecule has 0 aliphatic carbocycles. The SMILES string of the molecule is Cc1cccc2nc(C(C)CN)oc12. The van der Waals surface area contributed by atoms with Crippen LogP contribution >= 0.6 is 0 Å². The maximum atomic E-state index is 5.66. The highest BCUT2D eigenvalue weighted by Gasteiger charge is 2.12. The third-order valence-corrected chi connectivity index (χ3v) is 2.40. The van der Waals surface area contributed by atoms with Crippen LogP contribution in [0.1, 0.15) is 24.3 Å². The molecule has 2 N–H and O–H groups in total. The zero-order valence-corrected chi connectivity index (χ0v) is 8.45. The van der Waals surface area contributed by atoms with Crippen molar-refractivity contribution < 1.29 is 4.42 Å². The van der Waals surface area contributed by atoms with Crippen LogP contribution in [-0.4, -0.2) is 11.5 Å². The number of hydrogen-bond donors (Lipinski definition) is 1. The van der Waals surface area contributed by atoms with Gasteiger partial charge in [-0.25, -0.2) is 4.98 Å². The van der Waals surface area contributed by atoms with Gasteiger partial charge in [-0.2, -0.15) is 0 Å². The van der Waals surface area contributed by atoms with Crippen molar-refractivity contribution in [3.8, 4) is 0 Å². The van der Waals surface area contributed by atoms with E-state index in [9.17, 15) is 0 Å². The van der Waals surface area contributed by atoms with E-state index in [4.69, 9.17) is 10.2 Å². The normalized spacial score (nSPS) is 13.4. The van der Waals surface area contributed by atoms with Crippen molar-refractivity contribution in [2.24, 2.45) is 5.73 Å². The lowest BCUT2D eigenvalue weighted by molar-refractivity contribution is 0.488. The van der Waals surface area contributed by atoms with Crippen LogP contribution in [0.5, 0.6) is 0 Å². The summed E-state index contributed by atoms with van der Waals surface area (Å²) in [6.07, 6.45) is 0. The number of rotatable bonds is 2. The lowest BCUT2D eigenvalue weighted by atomic mass is 10.2. The summed E-state index contributed by atoms with van der Waals surface area (Å²) in [7, 11) is 0. The number of hydrogen-bond acceptors (Lipinski definition) is 3. The van der Waals surface area contributed by atoms with Crippen LogP contribution in [0.2, 0.25) is 0 Å². The summed E-state index contributed by atoms with van der Waals surface area (Å²) in [4.78, 5) is 4.40. The highest BCUT2D eigenvalue weighted by molar-refractivity contribution is 5.76. The van der Waals surface area contributed by atoms with E-state index in [1.54, 1.807) is 0 Å². The fraction of sp³-hybridized carbons (Fsp3) is 0.364. The molecule has 1 unspecified atom stereocenters. The molecule has 0 radical (unpaired) electrons. The van der Waals surface area contributed by atoms with Gasteiger partial charge in [0.05, 0.1) is 0 Å². The van der Waals surface area contributed by atoms with E-state index in [1.165, 1.54) is 0 Å². The third-order valence-electron chi connectivity index (χ3n) is 2.40. The molecule has 14 heavy (non-hydrogen) atoms. The summed E-state index contributed by atoms with van der Waals surface area (Å²) in [6, 6.07) is 5.96. The van der Waals surface area contributed by atoms with Gasteiger partial charge in [-0.1, -0.05) is 19.1 Å². The first-order valence-electron chi connectivity index (χ1n) is 4.78. The Morgan fingerprint density at radius 3 is 2.93 bits per heavy atom. The molecule has 1 aromatic heterocycles. The monoisotopic (exact) mass is 190 g/mol. The quantitative estimate of drug-likeness (QED) is 0.789. The summed E-state index contributed by atoms with van der Waals surface area (Å²) >= 11 is 0. The summed E-state index contributed by atoms with van der Waals surface area (Å²) in [6.45, 7) is 4.59. The molecule has 0 bridgehead atoms. The minimum absolute atomic E-state index is 0.182. The lowest BCUT2D eigenvalue weighted by Gasteiger charge is -2.00. The van der Waals surface area contributed by atoms with Gasteiger partial charge in [-0.05, 0) is 18.6 Å². The van der Waals surface area contributed by atoms with Gasteiger partial charge in [0.1, 0.15) is 5.52 Å². The molecule has 0 aliphatic rings. The van der Waals surface area contributed by atoms with Crippen LogP contribution in [0.4, 0.5) is 0 Å². The van der Waals surface area contributed by atoms with Gasteiger partial charge in [0.25, 0.3) is 0 Å². The Balaban J connectivity index is 2.56. The first-order valence-corrected chi connectivity index (χ1v) is 4.78. The fourth-order valence-corrected chi connectivity index (χ4v) is 1.42. The van der Waals surface area contributed by atoms with Gasteiger partial charge >= 0.3 is 0 Å². The number of oxazole rings is 1. The number of fused-ring (bicyclic) bond motifs is 1. The van der Waals surface area contributed by atoms with Crippen LogP contribution in [0.15, 0.2) is 22.6 Å². The molecule has 1 aromatic carbocycles. The van der Waals surface area contributed by atoms with E-state index in [-0.39, 0.29) is 5.92 Å². The standard InChI is InChI=1S/C11H14N2O/c1-7-4-3-5-9-10(7)14-11(13-9)8(2)6-12/h3-5,8H,6,12H2,1-2H3. The smallest absolute Gasteiger partial charge is 0.199 e. The van der Waals surface area contributed by atoms with Gasteiger partial charge in [-0.15, -0.1) is 0 Å². The maximum absolute atomic E-state index is 5.66. The molecule has 2 rings (SSSR count). The largest absolute Gasteiger partial charge is 0.440 e. The lowest BCUT2D eigenvalue weighted by Crippen LogP contribution is -2.08. The predicted octanol–water partition coefficient (Wildman–Crippen LogP) is 2.20. The molecule has 0 saturated carbocycles. The maximum Gasteiger partial charge on any atom is 0.199 e. The van der Waals surface area contributed by atoms with Crippen molar-refractivity contribution in [3.63, 3.8) is 0 Å². The van der Waals surface area contributed by atoms with E-state index >= 15 is 0 Å². The molecule has 0 spiro atoms. The number of nitrogens with zero attached hydrogens (tertiary/aromatic N) is 1. The molecular formula is C11H14N2O. The predicted molar refractivity (Wildman–Crippen MR) is 56.2 cm³/mol. The Kier molecular flexibility index (Phi) is 2.25. The molecule has 1 atom stereocenters. The molecule has 0 saturated heterocycles. The minimum atomic E-state index is 0.182. The van der Waals surface area contributed by atoms with Crippen LogP contribution in [0.3, 0.4) is 0 Å². The van der Waals surface area contributed by atoms with Crippen LogP contribution in [0, 0.1) is 6.92 Å². The van der Waals surface area contributed by atoms with Gasteiger partial charge in [-0.3, -0.25) is 0 Å². The molecule has 0 fully saturated rings. The molecule has 3 heteroatoms. The third kappa shape index (κ3) is 1.40.